The van der Waals surface area contributed by atoms with E-state index in [1.54, 1.807) is 0 Å². The quantitative estimate of drug-likeness (QED) is 0.156. The predicted molar refractivity (Wildman–Crippen MR) is 115 cm³/mol. The Morgan fingerprint density at radius 1 is 0.647 bits per heavy atom. The molecule has 0 aliphatic rings. The molecule has 0 heterocycles. The number of nitrogens with one attached hydrogen (secondary N) is 1. The molecule has 6 nitrogen and oxygen atoms in total. The number of halogens is 5. The van der Waals surface area contributed by atoms with Gasteiger partial charge in [0.2, 0.25) is 5.82 Å². The fourth-order valence-electron chi connectivity index (χ4n) is 2.99. The summed E-state index contributed by atoms with van der Waals surface area (Å²) >= 11 is 0. The molecule has 0 aliphatic carbocycles. The second kappa shape index (κ2) is 10.3. The number of hydrogen-bond acceptors (Lipinski definition) is 5. The molecule has 0 fully saturated rings. The normalized spacial score (nSPS) is 11.3. The Labute approximate surface area is 191 Å². The molecule has 0 saturated carbocycles. The third-order valence-electron chi connectivity index (χ3n) is 4.73. The first-order valence-corrected chi connectivity index (χ1v) is 9.57. The molecule has 180 valence electrons. The molecule has 3 rings (SSSR count). The zero-order valence-electron chi connectivity index (χ0n) is 18.4. The SMILES string of the molecule is COc1ccc(N=C(Nc2ccc(OC)cc2OC)c2c(F)c(F)c(F)c(F)c2F)c(OC)c1. The van der Waals surface area contributed by atoms with E-state index < -0.39 is 40.5 Å². The van der Waals surface area contributed by atoms with Crippen molar-refractivity contribution in [3.8, 4) is 23.0 Å². The number of nitrogens with zero attached hydrogens (tertiary/aromatic N) is 1. The Hall–Kier alpha value is -4.02. The van der Waals surface area contributed by atoms with Crippen LogP contribution in [0.4, 0.5) is 33.3 Å². The highest BCUT2D eigenvalue weighted by atomic mass is 19.2. The maximum atomic E-state index is 14.7. The highest BCUT2D eigenvalue weighted by molar-refractivity contribution is 6.10. The van der Waals surface area contributed by atoms with Crippen LogP contribution in [0.5, 0.6) is 23.0 Å². The maximum Gasteiger partial charge on any atom is 0.200 e. The van der Waals surface area contributed by atoms with Gasteiger partial charge in [0.15, 0.2) is 23.3 Å². The van der Waals surface area contributed by atoms with Crippen LogP contribution in [0.25, 0.3) is 0 Å². The van der Waals surface area contributed by atoms with E-state index in [9.17, 15) is 22.0 Å². The van der Waals surface area contributed by atoms with E-state index in [-0.39, 0.29) is 22.9 Å². The maximum absolute atomic E-state index is 14.7. The second-order valence-corrected chi connectivity index (χ2v) is 6.63. The van der Waals surface area contributed by atoms with Gasteiger partial charge in [-0.15, -0.1) is 0 Å². The Morgan fingerprint density at radius 2 is 1.15 bits per heavy atom. The number of methoxy groups -OCH3 is 4. The Bertz CT molecular complexity index is 1220. The van der Waals surface area contributed by atoms with Crippen LogP contribution < -0.4 is 24.3 Å². The first kappa shape index (κ1) is 24.6. The smallest absolute Gasteiger partial charge is 0.200 e. The van der Waals surface area contributed by atoms with Crippen molar-refractivity contribution in [1.29, 1.82) is 0 Å². The lowest BCUT2D eigenvalue weighted by Gasteiger charge is -2.17. The molecule has 34 heavy (non-hydrogen) atoms. The lowest BCUT2D eigenvalue weighted by atomic mass is 10.1. The molecule has 0 unspecified atom stereocenters. The largest absolute Gasteiger partial charge is 0.497 e. The minimum absolute atomic E-state index is 0.0159. The number of aliphatic imine (C=N–C) groups is 1. The van der Waals surface area contributed by atoms with Crippen molar-refractivity contribution in [2.45, 2.75) is 0 Å². The number of anilines is 1. The van der Waals surface area contributed by atoms with Gasteiger partial charge in [0.25, 0.3) is 0 Å². The summed E-state index contributed by atoms with van der Waals surface area (Å²) in [4.78, 5) is 4.12. The molecular weight excluding hydrogens is 463 g/mol. The van der Waals surface area contributed by atoms with Gasteiger partial charge in [-0.25, -0.2) is 26.9 Å². The molecule has 3 aromatic rings. The number of ether oxygens (including phenoxy) is 4. The van der Waals surface area contributed by atoms with E-state index in [1.807, 2.05) is 0 Å². The number of rotatable bonds is 7. The fourth-order valence-corrected chi connectivity index (χ4v) is 2.99. The van der Waals surface area contributed by atoms with Gasteiger partial charge in [0.1, 0.15) is 34.5 Å². The summed E-state index contributed by atoms with van der Waals surface area (Å²) in [5.74, 6) is -10.3. The summed E-state index contributed by atoms with van der Waals surface area (Å²) in [7, 11) is 5.46. The van der Waals surface area contributed by atoms with Crippen LogP contribution in [0.1, 0.15) is 5.56 Å². The average molecular weight is 482 g/mol. The van der Waals surface area contributed by atoms with E-state index in [2.05, 4.69) is 10.3 Å². The van der Waals surface area contributed by atoms with Crippen molar-refractivity contribution in [2.75, 3.05) is 33.8 Å². The van der Waals surface area contributed by atoms with Crippen molar-refractivity contribution in [2.24, 2.45) is 4.99 Å². The molecule has 0 spiro atoms. The van der Waals surface area contributed by atoms with Gasteiger partial charge < -0.3 is 24.3 Å². The highest BCUT2D eigenvalue weighted by Gasteiger charge is 2.29. The van der Waals surface area contributed by atoms with Crippen molar-refractivity contribution >= 4 is 17.2 Å². The lowest BCUT2D eigenvalue weighted by Crippen LogP contribution is -2.21. The molecule has 0 atom stereocenters. The van der Waals surface area contributed by atoms with Crippen molar-refractivity contribution in [1.82, 2.24) is 0 Å². The van der Waals surface area contributed by atoms with E-state index in [0.29, 0.717) is 11.5 Å². The third-order valence-corrected chi connectivity index (χ3v) is 4.73. The second-order valence-electron chi connectivity index (χ2n) is 6.63. The van der Waals surface area contributed by atoms with Gasteiger partial charge in [0.05, 0.1) is 39.7 Å². The van der Waals surface area contributed by atoms with Crippen LogP contribution in [0, 0.1) is 29.1 Å². The Balaban J connectivity index is 2.28. The fraction of sp³-hybridized carbons (Fsp3) is 0.174. The van der Waals surface area contributed by atoms with Gasteiger partial charge in [-0.05, 0) is 24.3 Å². The van der Waals surface area contributed by atoms with Crippen molar-refractivity contribution in [3.63, 3.8) is 0 Å². The zero-order valence-corrected chi connectivity index (χ0v) is 18.4. The molecule has 0 amide bonds. The van der Waals surface area contributed by atoms with E-state index in [1.165, 1.54) is 64.8 Å². The summed E-state index contributed by atoms with van der Waals surface area (Å²) in [5.41, 5.74) is -1.15. The van der Waals surface area contributed by atoms with Crippen LogP contribution in [-0.2, 0) is 0 Å². The number of hydrogen-bond donors (Lipinski definition) is 1. The first-order chi connectivity index (χ1) is 16.2. The third kappa shape index (κ3) is 4.68. The van der Waals surface area contributed by atoms with Crippen LogP contribution in [0.2, 0.25) is 0 Å². The Morgan fingerprint density at radius 3 is 1.68 bits per heavy atom. The molecule has 1 N–H and O–H groups in total. The molecule has 11 heteroatoms. The first-order valence-electron chi connectivity index (χ1n) is 9.57. The van der Waals surface area contributed by atoms with Crippen LogP contribution in [0.3, 0.4) is 0 Å². The van der Waals surface area contributed by atoms with Crippen molar-refractivity contribution < 1.29 is 40.9 Å². The number of amidine groups is 1. The zero-order chi connectivity index (χ0) is 25.0. The molecule has 3 aromatic carbocycles. The minimum atomic E-state index is -2.29. The average Bonchev–Trinajstić information content (AvgIpc) is 2.86. The van der Waals surface area contributed by atoms with Gasteiger partial charge in [-0.1, -0.05) is 0 Å². The topological polar surface area (TPSA) is 61.3 Å². The molecule has 0 bridgehead atoms. The molecule has 0 radical (unpaired) electrons. The summed E-state index contributed by atoms with van der Waals surface area (Å²) in [6.07, 6.45) is 0. The number of benzene rings is 3. The van der Waals surface area contributed by atoms with Gasteiger partial charge >= 0.3 is 0 Å². The van der Waals surface area contributed by atoms with E-state index in [4.69, 9.17) is 18.9 Å². The summed E-state index contributed by atoms with van der Waals surface area (Å²) in [5, 5.41) is 2.60. The lowest BCUT2D eigenvalue weighted by molar-refractivity contribution is 0.377. The highest BCUT2D eigenvalue weighted by Crippen LogP contribution is 2.35. The van der Waals surface area contributed by atoms with Crippen LogP contribution in [0.15, 0.2) is 41.4 Å². The summed E-state index contributed by atoms with van der Waals surface area (Å²) < 4.78 is 91.8. The monoisotopic (exact) mass is 482 g/mol. The Kier molecular flexibility index (Phi) is 7.44. The van der Waals surface area contributed by atoms with Crippen LogP contribution >= 0.6 is 0 Å². The standard InChI is InChI=1S/C23H19F5N2O4/c1-31-11-5-7-13(15(9-11)33-3)29-23(17-18(24)20(26)22(28)21(27)19(17)25)30-14-8-6-12(32-2)10-16(14)34-4/h5-10H,1-4H3,(H,29,30). The van der Waals surface area contributed by atoms with E-state index >= 15 is 0 Å². The van der Waals surface area contributed by atoms with E-state index in [0.717, 1.165) is 0 Å². The molecule has 0 aromatic heterocycles. The van der Waals surface area contributed by atoms with Crippen molar-refractivity contribution in [3.05, 3.63) is 71.0 Å². The predicted octanol–water partition coefficient (Wildman–Crippen LogP) is 5.61. The van der Waals surface area contributed by atoms with Gasteiger partial charge in [-0.2, -0.15) is 0 Å². The molecule has 0 saturated heterocycles. The minimum Gasteiger partial charge on any atom is -0.497 e. The molecule has 0 aliphatic heterocycles. The van der Waals surface area contributed by atoms with Gasteiger partial charge in [-0.3, -0.25) is 0 Å². The molecular formula is C23H19F5N2O4. The summed E-state index contributed by atoms with van der Waals surface area (Å²) in [6, 6.07) is 8.66. The summed E-state index contributed by atoms with van der Waals surface area (Å²) in [6.45, 7) is 0. The van der Waals surface area contributed by atoms with Gasteiger partial charge in [0, 0.05) is 12.1 Å². The van der Waals surface area contributed by atoms with Crippen LogP contribution in [-0.4, -0.2) is 34.3 Å².